The van der Waals surface area contributed by atoms with E-state index in [1.54, 1.807) is 0 Å². The maximum atomic E-state index is 5.32. The van der Waals surface area contributed by atoms with Crippen molar-refractivity contribution in [1.29, 1.82) is 0 Å². The second-order valence-corrected chi connectivity index (χ2v) is 17.2. The van der Waals surface area contributed by atoms with Crippen LogP contribution in [-0.4, -0.2) is 24.1 Å². The van der Waals surface area contributed by atoms with E-state index in [-0.39, 0.29) is 0 Å². The largest absolute Gasteiger partial charge is 0.309 e. The molecule has 0 saturated heterocycles. The molecule has 3 heterocycles. The molecule has 0 atom stereocenters. The Morgan fingerprint density at radius 2 is 0.662 bits per heavy atom. The predicted molar refractivity (Wildman–Crippen MR) is 281 cm³/mol. The van der Waals surface area contributed by atoms with Gasteiger partial charge in [0.25, 0.3) is 0 Å². The van der Waals surface area contributed by atoms with Crippen LogP contribution < -0.4 is 0 Å². The van der Waals surface area contributed by atoms with Crippen LogP contribution in [0.5, 0.6) is 0 Å². The summed E-state index contributed by atoms with van der Waals surface area (Å²) in [6.45, 7) is 0. The molecule has 0 aliphatic rings. The lowest BCUT2D eigenvalue weighted by Crippen LogP contribution is -2.04. The fourth-order valence-electron chi connectivity index (χ4n) is 9.94. The Hall–Kier alpha value is -9.19. The lowest BCUT2D eigenvalue weighted by Gasteiger charge is -2.15. The maximum absolute atomic E-state index is 5.32. The van der Waals surface area contributed by atoms with Crippen LogP contribution in [0.25, 0.3) is 123 Å². The van der Waals surface area contributed by atoms with Crippen molar-refractivity contribution in [1.82, 2.24) is 24.1 Å². The molecule has 13 aromatic rings. The van der Waals surface area contributed by atoms with Crippen molar-refractivity contribution in [2.45, 2.75) is 0 Å². The van der Waals surface area contributed by atoms with Crippen molar-refractivity contribution < 1.29 is 0 Å². The Morgan fingerprint density at radius 3 is 1.28 bits per heavy atom. The third-order valence-corrected chi connectivity index (χ3v) is 13.2. The summed E-state index contributed by atoms with van der Waals surface area (Å²) in [6, 6.07) is 88.3. The molecule has 0 fully saturated rings. The van der Waals surface area contributed by atoms with Crippen molar-refractivity contribution in [2.75, 3.05) is 0 Å². The van der Waals surface area contributed by atoms with Crippen molar-refractivity contribution in [3.8, 4) is 78.9 Å². The molecule has 0 bridgehead atoms. The first-order valence-electron chi connectivity index (χ1n) is 23.0. The number of para-hydroxylation sites is 2. The number of hydrogen-bond donors (Lipinski definition) is 0. The quantitative estimate of drug-likeness (QED) is 0.153. The van der Waals surface area contributed by atoms with Gasteiger partial charge in [-0.25, -0.2) is 15.0 Å². The summed E-state index contributed by atoms with van der Waals surface area (Å²) >= 11 is 0. The van der Waals surface area contributed by atoms with Crippen molar-refractivity contribution >= 4 is 43.6 Å². The minimum atomic E-state index is 0.598. The average Bonchev–Trinajstić information content (AvgIpc) is 3.93. The SMILES string of the molecule is c1ccc(-c2cccc(-c3nc(-c4ccccc4)nc(-c4ccccc4-n4c5ccccc5c5ccc(-n6c7cc(-c8ccccc8)ccc7c7ccc(-c8ccccc8)cc76)cc54)n3)c2)cc1. The molecule has 0 saturated carbocycles. The highest BCUT2D eigenvalue weighted by Gasteiger charge is 2.21. The van der Waals surface area contributed by atoms with Crippen LogP contribution in [-0.2, 0) is 0 Å². The third-order valence-electron chi connectivity index (χ3n) is 13.2. The number of nitrogens with zero attached hydrogens (tertiary/aromatic N) is 5. The Kier molecular flexibility index (Phi) is 9.43. The molecule has 0 aliphatic carbocycles. The summed E-state index contributed by atoms with van der Waals surface area (Å²) in [5.74, 6) is 1.83. The molecule has 0 amide bonds. The summed E-state index contributed by atoms with van der Waals surface area (Å²) in [4.78, 5) is 15.7. The molecule has 0 aliphatic heterocycles. The van der Waals surface area contributed by atoms with Crippen molar-refractivity contribution in [2.24, 2.45) is 0 Å². The van der Waals surface area contributed by atoms with Crippen LogP contribution in [0, 0.1) is 0 Å². The van der Waals surface area contributed by atoms with Gasteiger partial charge in [-0.3, -0.25) is 0 Å². The molecular weight excluding hydrogens is 827 g/mol. The van der Waals surface area contributed by atoms with Gasteiger partial charge in [0.2, 0.25) is 0 Å². The highest BCUT2D eigenvalue weighted by Crippen LogP contribution is 2.41. The highest BCUT2D eigenvalue weighted by molar-refractivity contribution is 6.13. The summed E-state index contributed by atoms with van der Waals surface area (Å²) in [5.41, 5.74) is 16.2. The number of hydrogen-bond acceptors (Lipinski definition) is 3. The maximum Gasteiger partial charge on any atom is 0.166 e. The van der Waals surface area contributed by atoms with Crippen LogP contribution >= 0.6 is 0 Å². The number of rotatable bonds is 8. The monoisotopic (exact) mass is 867 g/mol. The number of fused-ring (bicyclic) bond motifs is 6. The van der Waals surface area contributed by atoms with Gasteiger partial charge in [-0.05, 0) is 81.9 Å². The lowest BCUT2D eigenvalue weighted by atomic mass is 10.0. The second kappa shape index (κ2) is 16.4. The predicted octanol–water partition coefficient (Wildman–Crippen LogP) is 16.1. The number of benzene rings is 10. The Morgan fingerprint density at radius 1 is 0.235 bits per heavy atom. The zero-order valence-electron chi connectivity index (χ0n) is 36.9. The van der Waals surface area contributed by atoms with Gasteiger partial charge in [0.15, 0.2) is 17.5 Å². The van der Waals surface area contributed by atoms with Crippen LogP contribution in [0.1, 0.15) is 0 Å². The van der Waals surface area contributed by atoms with E-state index in [1.165, 1.54) is 38.4 Å². The molecule has 5 nitrogen and oxygen atoms in total. The molecule has 10 aromatic carbocycles. The minimum absolute atomic E-state index is 0.598. The normalized spacial score (nSPS) is 11.5. The molecular formula is C63H41N5. The third kappa shape index (κ3) is 6.76. The van der Waals surface area contributed by atoms with E-state index < -0.39 is 0 Å². The van der Waals surface area contributed by atoms with Crippen LogP contribution in [0.3, 0.4) is 0 Å². The topological polar surface area (TPSA) is 48.5 Å². The molecule has 5 heteroatoms. The molecule has 0 N–H and O–H groups in total. The first kappa shape index (κ1) is 39.2. The first-order chi connectivity index (χ1) is 33.7. The van der Waals surface area contributed by atoms with Gasteiger partial charge in [-0.2, -0.15) is 0 Å². The Balaban J connectivity index is 1.04. The fraction of sp³-hybridized carbons (Fsp3) is 0. The van der Waals surface area contributed by atoms with E-state index in [9.17, 15) is 0 Å². The van der Waals surface area contributed by atoms with E-state index in [4.69, 9.17) is 15.0 Å². The molecule has 0 spiro atoms. The standard InChI is InChI=1S/C63H41N5/c1-5-18-42(19-6-1)46-26-17-27-49(38-46)62-64-61(45-24-11-4-12-25-45)65-63(66-62)55-29-14-16-31-57(55)68-56-30-15-13-28-51(56)54-37-34-50(41-60(54)68)67-58-39-47(43-20-7-2-8-21-43)32-35-52(58)53-36-33-48(40-59(53)67)44-22-9-3-10-23-44/h1-41H. The molecule has 0 radical (unpaired) electrons. The first-order valence-corrected chi connectivity index (χ1v) is 23.0. The van der Waals surface area contributed by atoms with Crippen molar-refractivity contribution in [3.05, 3.63) is 249 Å². The van der Waals surface area contributed by atoms with Crippen LogP contribution in [0.15, 0.2) is 249 Å². The highest BCUT2D eigenvalue weighted by atomic mass is 15.1. The Bertz CT molecular complexity index is 3910. The summed E-state index contributed by atoms with van der Waals surface area (Å²) in [6.07, 6.45) is 0. The molecule has 318 valence electrons. The van der Waals surface area contributed by atoms with Gasteiger partial charge in [0, 0.05) is 43.9 Å². The van der Waals surface area contributed by atoms with E-state index >= 15 is 0 Å². The van der Waals surface area contributed by atoms with E-state index in [1.807, 2.05) is 24.3 Å². The van der Waals surface area contributed by atoms with Crippen LogP contribution in [0.2, 0.25) is 0 Å². The van der Waals surface area contributed by atoms with Gasteiger partial charge in [-0.15, -0.1) is 0 Å². The molecule has 3 aromatic heterocycles. The van der Waals surface area contributed by atoms with Crippen molar-refractivity contribution in [3.63, 3.8) is 0 Å². The van der Waals surface area contributed by atoms with E-state index in [2.05, 4.69) is 234 Å². The molecule has 68 heavy (non-hydrogen) atoms. The second-order valence-electron chi connectivity index (χ2n) is 17.2. The Labute approximate surface area is 393 Å². The molecule has 13 rings (SSSR count). The van der Waals surface area contributed by atoms with E-state index in [0.29, 0.717) is 17.5 Å². The number of aromatic nitrogens is 5. The fourth-order valence-corrected chi connectivity index (χ4v) is 9.94. The lowest BCUT2D eigenvalue weighted by molar-refractivity contribution is 1.06. The minimum Gasteiger partial charge on any atom is -0.309 e. The van der Waals surface area contributed by atoms with Crippen LogP contribution in [0.4, 0.5) is 0 Å². The molecule has 0 unspecified atom stereocenters. The van der Waals surface area contributed by atoms with Gasteiger partial charge >= 0.3 is 0 Å². The van der Waals surface area contributed by atoms with Gasteiger partial charge in [0.1, 0.15) is 0 Å². The summed E-state index contributed by atoms with van der Waals surface area (Å²) in [5, 5.41) is 4.75. The summed E-state index contributed by atoms with van der Waals surface area (Å²) < 4.78 is 4.84. The summed E-state index contributed by atoms with van der Waals surface area (Å²) in [7, 11) is 0. The smallest absolute Gasteiger partial charge is 0.166 e. The zero-order chi connectivity index (χ0) is 45.0. The van der Waals surface area contributed by atoms with E-state index in [0.717, 1.165) is 66.6 Å². The van der Waals surface area contributed by atoms with Gasteiger partial charge in [-0.1, -0.05) is 200 Å². The average molecular weight is 868 g/mol. The van der Waals surface area contributed by atoms with Gasteiger partial charge < -0.3 is 9.13 Å². The zero-order valence-corrected chi connectivity index (χ0v) is 36.9. The van der Waals surface area contributed by atoms with Gasteiger partial charge in [0.05, 0.1) is 27.8 Å².